The van der Waals surface area contributed by atoms with Crippen LogP contribution < -0.4 is 10.1 Å². The molecule has 0 radical (unpaired) electrons. The molecule has 0 unspecified atom stereocenters. The molecule has 1 saturated heterocycles. The second kappa shape index (κ2) is 11.2. The Hall–Kier alpha value is -2.33. The number of hydrogen-bond donors (Lipinski definition) is 1. The molecule has 1 aliphatic rings. The van der Waals surface area contributed by atoms with Crippen molar-refractivity contribution in [3.8, 4) is 5.75 Å². The minimum atomic E-state index is -0.0298. The van der Waals surface area contributed by atoms with Crippen molar-refractivity contribution in [1.82, 2.24) is 10.2 Å². The van der Waals surface area contributed by atoms with E-state index >= 15 is 0 Å². The lowest BCUT2D eigenvalue weighted by atomic mass is 9.97. The summed E-state index contributed by atoms with van der Waals surface area (Å²) < 4.78 is 5.61. The number of amides is 1. The number of likely N-dealkylation sites (tertiary alicyclic amines) is 1. The largest absolute Gasteiger partial charge is 0.494 e. The summed E-state index contributed by atoms with van der Waals surface area (Å²) in [6, 6.07) is 16.6. The van der Waals surface area contributed by atoms with Gasteiger partial charge in [-0.15, -0.1) is 0 Å². The molecule has 1 N–H and O–H groups in total. The number of piperidine rings is 1. The molecule has 1 amide bonds. The number of rotatable bonds is 9. The lowest BCUT2D eigenvalue weighted by Gasteiger charge is -2.35. The average molecular weight is 409 g/mol. The van der Waals surface area contributed by atoms with E-state index in [0.717, 1.165) is 25.3 Å². The summed E-state index contributed by atoms with van der Waals surface area (Å²) in [7, 11) is 0. The molecule has 0 aromatic heterocycles. The maximum absolute atomic E-state index is 12.8. The van der Waals surface area contributed by atoms with Gasteiger partial charge in [0.15, 0.2) is 0 Å². The first-order chi connectivity index (χ1) is 14.6. The van der Waals surface area contributed by atoms with E-state index in [0.29, 0.717) is 24.6 Å². The van der Waals surface area contributed by atoms with Crippen molar-refractivity contribution in [3.63, 3.8) is 0 Å². The number of carbonyl (C=O) groups is 1. The number of nitrogens with one attached hydrogen (secondary N) is 1. The number of carbonyl (C=O) groups excluding carboxylic acids is 1. The first-order valence-electron chi connectivity index (χ1n) is 11.4. The summed E-state index contributed by atoms with van der Waals surface area (Å²) in [5.41, 5.74) is 3.31. The first kappa shape index (κ1) is 22.4. The molecule has 0 aliphatic carbocycles. The van der Waals surface area contributed by atoms with Crippen molar-refractivity contribution in [1.29, 1.82) is 0 Å². The summed E-state index contributed by atoms with van der Waals surface area (Å²) >= 11 is 0. The molecule has 4 heteroatoms. The molecule has 0 spiro atoms. The standard InChI is InChI=1S/C26H36N2O2/c1-4-18-30-24-14-12-23(13-15-24)26(29)27-19-25(28-16-6-5-7-17-28)22-10-8-21(9-11-22)20(2)3/h8-15,20,25H,4-7,16-19H2,1-3H3,(H,27,29)/t25-/m1/s1. The Labute approximate surface area is 181 Å². The lowest BCUT2D eigenvalue weighted by Crippen LogP contribution is -2.40. The maximum atomic E-state index is 12.8. The molecule has 2 aromatic carbocycles. The predicted molar refractivity (Wildman–Crippen MR) is 123 cm³/mol. The highest BCUT2D eigenvalue weighted by Crippen LogP contribution is 2.26. The maximum Gasteiger partial charge on any atom is 0.251 e. The van der Waals surface area contributed by atoms with Crippen molar-refractivity contribution in [2.45, 2.75) is 58.4 Å². The fourth-order valence-corrected chi connectivity index (χ4v) is 4.00. The highest BCUT2D eigenvalue weighted by Gasteiger charge is 2.23. The number of ether oxygens (including phenoxy) is 1. The van der Waals surface area contributed by atoms with Crippen LogP contribution in [0.5, 0.6) is 5.75 Å². The van der Waals surface area contributed by atoms with Gasteiger partial charge in [0.05, 0.1) is 12.6 Å². The number of nitrogens with zero attached hydrogens (tertiary/aromatic N) is 1. The Kier molecular flexibility index (Phi) is 8.32. The van der Waals surface area contributed by atoms with Gasteiger partial charge in [-0.3, -0.25) is 9.69 Å². The quantitative estimate of drug-likeness (QED) is 0.591. The fourth-order valence-electron chi connectivity index (χ4n) is 4.00. The molecule has 2 aromatic rings. The van der Waals surface area contributed by atoms with Gasteiger partial charge in [0.2, 0.25) is 0 Å². The molecule has 1 heterocycles. The van der Waals surface area contributed by atoms with E-state index < -0.39 is 0 Å². The van der Waals surface area contributed by atoms with Gasteiger partial charge in [0.1, 0.15) is 5.75 Å². The first-order valence-corrected chi connectivity index (χ1v) is 11.4. The summed E-state index contributed by atoms with van der Waals surface area (Å²) in [6.07, 6.45) is 4.73. The van der Waals surface area contributed by atoms with Crippen molar-refractivity contribution in [3.05, 3.63) is 65.2 Å². The molecular formula is C26H36N2O2. The second-order valence-electron chi connectivity index (χ2n) is 8.52. The Morgan fingerprint density at radius 1 is 0.967 bits per heavy atom. The lowest BCUT2D eigenvalue weighted by molar-refractivity contribution is 0.0924. The van der Waals surface area contributed by atoms with Gasteiger partial charge in [-0.1, -0.05) is 51.5 Å². The van der Waals surface area contributed by atoms with Gasteiger partial charge in [0.25, 0.3) is 5.91 Å². The molecule has 4 nitrogen and oxygen atoms in total. The third-order valence-electron chi connectivity index (χ3n) is 5.86. The average Bonchev–Trinajstić information content (AvgIpc) is 2.79. The summed E-state index contributed by atoms with van der Waals surface area (Å²) in [4.78, 5) is 15.3. The van der Waals surface area contributed by atoms with Crippen LogP contribution >= 0.6 is 0 Å². The van der Waals surface area contributed by atoms with Crippen molar-refractivity contribution < 1.29 is 9.53 Å². The zero-order valence-electron chi connectivity index (χ0n) is 18.7. The molecule has 162 valence electrons. The van der Waals surface area contributed by atoms with Crippen LogP contribution in [0.3, 0.4) is 0 Å². The van der Waals surface area contributed by atoms with E-state index in [1.54, 1.807) is 0 Å². The molecule has 1 aliphatic heterocycles. The van der Waals surface area contributed by atoms with Gasteiger partial charge in [-0.05, 0) is 73.7 Å². The Morgan fingerprint density at radius 2 is 1.60 bits per heavy atom. The van der Waals surface area contributed by atoms with E-state index in [2.05, 4.69) is 55.3 Å². The Balaban J connectivity index is 1.67. The van der Waals surface area contributed by atoms with Gasteiger partial charge >= 0.3 is 0 Å². The van der Waals surface area contributed by atoms with E-state index in [-0.39, 0.29) is 11.9 Å². The molecule has 0 bridgehead atoms. The monoisotopic (exact) mass is 408 g/mol. The smallest absolute Gasteiger partial charge is 0.251 e. The van der Waals surface area contributed by atoms with Crippen molar-refractivity contribution >= 4 is 5.91 Å². The zero-order chi connectivity index (χ0) is 21.3. The zero-order valence-corrected chi connectivity index (χ0v) is 18.7. The van der Waals surface area contributed by atoms with Crippen LogP contribution in [-0.2, 0) is 0 Å². The van der Waals surface area contributed by atoms with Gasteiger partial charge in [-0.25, -0.2) is 0 Å². The third-order valence-corrected chi connectivity index (χ3v) is 5.86. The highest BCUT2D eigenvalue weighted by atomic mass is 16.5. The number of hydrogen-bond acceptors (Lipinski definition) is 3. The van der Waals surface area contributed by atoms with Crippen LogP contribution in [0.2, 0.25) is 0 Å². The second-order valence-corrected chi connectivity index (χ2v) is 8.52. The van der Waals surface area contributed by atoms with Crippen molar-refractivity contribution in [2.24, 2.45) is 0 Å². The minimum absolute atomic E-state index is 0.0298. The van der Waals surface area contributed by atoms with E-state index in [1.807, 2.05) is 24.3 Å². The van der Waals surface area contributed by atoms with E-state index in [9.17, 15) is 4.79 Å². The topological polar surface area (TPSA) is 41.6 Å². The van der Waals surface area contributed by atoms with E-state index in [1.165, 1.54) is 30.4 Å². The van der Waals surface area contributed by atoms with Gasteiger partial charge in [0, 0.05) is 12.1 Å². The summed E-state index contributed by atoms with van der Waals surface area (Å²) in [6.45, 7) is 10.0. The van der Waals surface area contributed by atoms with Crippen LogP contribution in [-0.4, -0.2) is 37.0 Å². The predicted octanol–water partition coefficient (Wildman–Crippen LogP) is 5.56. The molecule has 0 saturated carbocycles. The fraction of sp³-hybridized carbons (Fsp3) is 0.500. The highest BCUT2D eigenvalue weighted by molar-refractivity contribution is 5.94. The third kappa shape index (κ3) is 6.09. The van der Waals surface area contributed by atoms with Crippen LogP contribution in [0, 0.1) is 0 Å². The van der Waals surface area contributed by atoms with Crippen LogP contribution in [0.15, 0.2) is 48.5 Å². The molecule has 1 fully saturated rings. The van der Waals surface area contributed by atoms with Crippen LogP contribution in [0.1, 0.15) is 79.9 Å². The summed E-state index contributed by atoms with van der Waals surface area (Å²) in [5, 5.41) is 3.17. The summed E-state index contributed by atoms with van der Waals surface area (Å²) in [5.74, 6) is 1.30. The molecular weight excluding hydrogens is 372 g/mol. The number of benzene rings is 2. The Bertz CT molecular complexity index is 778. The molecule has 30 heavy (non-hydrogen) atoms. The normalized spacial score (nSPS) is 15.7. The minimum Gasteiger partial charge on any atom is -0.494 e. The van der Waals surface area contributed by atoms with Crippen LogP contribution in [0.4, 0.5) is 0 Å². The van der Waals surface area contributed by atoms with Crippen molar-refractivity contribution in [2.75, 3.05) is 26.2 Å². The van der Waals surface area contributed by atoms with E-state index in [4.69, 9.17) is 4.74 Å². The molecule has 3 rings (SSSR count). The SMILES string of the molecule is CCCOc1ccc(C(=O)NC[C@H](c2ccc(C(C)C)cc2)N2CCCCC2)cc1. The molecule has 1 atom stereocenters. The Morgan fingerprint density at radius 3 is 2.20 bits per heavy atom. The van der Waals surface area contributed by atoms with Crippen LogP contribution in [0.25, 0.3) is 0 Å². The van der Waals surface area contributed by atoms with Gasteiger partial charge < -0.3 is 10.1 Å². The van der Waals surface area contributed by atoms with Gasteiger partial charge in [-0.2, -0.15) is 0 Å².